The lowest BCUT2D eigenvalue weighted by atomic mass is 10.0. The van der Waals surface area contributed by atoms with Crippen LogP contribution in [-0.2, 0) is 4.79 Å². The van der Waals surface area contributed by atoms with E-state index in [1.165, 1.54) is 11.5 Å². The quantitative estimate of drug-likeness (QED) is 0.802. The minimum atomic E-state index is -5.08. The SMILES string of the molecule is Clc1ccc(-c2nc(C3CNC3)ns2)c(Cl)c1.O=C(O)C(F)(F)F. The molecule has 0 bridgehead atoms. The van der Waals surface area contributed by atoms with Gasteiger partial charge in [-0.3, -0.25) is 0 Å². The molecule has 1 aliphatic rings. The summed E-state index contributed by atoms with van der Waals surface area (Å²) in [6.07, 6.45) is -5.08. The van der Waals surface area contributed by atoms with Crippen molar-refractivity contribution in [3.8, 4) is 10.6 Å². The van der Waals surface area contributed by atoms with E-state index in [9.17, 15) is 13.2 Å². The van der Waals surface area contributed by atoms with E-state index in [1.807, 2.05) is 12.1 Å². The summed E-state index contributed by atoms with van der Waals surface area (Å²) < 4.78 is 36.1. The molecule has 2 heterocycles. The average Bonchev–Trinajstić information content (AvgIpc) is 2.85. The highest BCUT2D eigenvalue weighted by atomic mass is 35.5. The average molecular weight is 400 g/mol. The summed E-state index contributed by atoms with van der Waals surface area (Å²) in [6.45, 7) is 1.93. The number of aromatic nitrogens is 2. The van der Waals surface area contributed by atoms with Gasteiger partial charge < -0.3 is 10.4 Å². The smallest absolute Gasteiger partial charge is 0.475 e. The van der Waals surface area contributed by atoms with E-state index in [4.69, 9.17) is 33.1 Å². The Bertz CT molecular complexity index is 735. The molecule has 0 spiro atoms. The summed E-state index contributed by atoms with van der Waals surface area (Å²) in [4.78, 5) is 13.4. The van der Waals surface area contributed by atoms with Gasteiger partial charge in [0.05, 0.1) is 5.02 Å². The standard InChI is InChI=1S/C11H9Cl2N3S.C2HF3O2/c12-7-1-2-8(9(13)3-7)11-15-10(16-17-11)6-4-14-5-6;3-2(4,5)1(6)7/h1-3,6,14H,4-5H2;(H,6,7). The Balaban J connectivity index is 0.000000256. The summed E-state index contributed by atoms with van der Waals surface area (Å²) in [7, 11) is 0. The Morgan fingerprint density at radius 2 is 1.96 bits per heavy atom. The Morgan fingerprint density at radius 1 is 1.33 bits per heavy atom. The first-order valence-corrected chi connectivity index (χ1v) is 8.01. The number of benzene rings is 1. The molecule has 0 radical (unpaired) electrons. The van der Waals surface area contributed by atoms with E-state index in [0.29, 0.717) is 16.0 Å². The van der Waals surface area contributed by atoms with Crippen molar-refractivity contribution in [1.82, 2.24) is 14.7 Å². The molecule has 1 aliphatic heterocycles. The van der Waals surface area contributed by atoms with Crippen molar-refractivity contribution in [1.29, 1.82) is 0 Å². The number of carbonyl (C=O) groups is 1. The summed E-state index contributed by atoms with van der Waals surface area (Å²) in [6, 6.07) is 5.42. The maximum Gasteiger partial charge on any atom is 0.490 e. The lowest BCUT2D eigenvalue weighted by Gasteiger charge is -2.23. The third-order valence-corrected chi connectivity index (χ3v) is 4.30. The maximum absolute atomic E-state index is 10.6. The summed E-state index contributed by atoms with van der Waals surface area (Å²) in [5, 5.41) is 12.4. The summed E-state index contributed by atoms with van der Waals surface area (Å²) in [5.41, 5.74) is 0.895. The Kier molecular flexibility index (Phi) is 6.02. The second-order valence-electron chi connectivity index (χ2n) is 4.74. The molecule has 24 heavy (non-hydrogen) atoms. The van der Waals surface area contributed by atoms with Crippen LogP contribution in [0.3, 0.4) is 0 Å². The highest BCUT2D eigenvalue weighted by Crippen LogP contribution is 2.32. The second-order valence-corrected chi connectivity index (χ2v) is 6.34. The molecule has 5 nitrogen and oxygen atoms in total. The van der Waals surface area contributed by atoms with Gasteiger partial charge in [0.2, 0.25) is 0 Å². The normalized spacial score (nSPS) is 14.5. The molecule has 1 aromatic heterocycles. The number of alkyl halides is 3. The topological polar surface area (TPSA) is 75.1 Å². The number of hydrogen-bond donors (Lipinski definition) is 2. The van der Waals surface area contributed by atoms with E-state index in [1.54, 1.807) is 6.07 Å². The number of carboxylic acid groups (broad SMARTS) is 1. The Labute approximate surface area is 148 Å². The lowest BCUT2D eigenvalue weighted by molar-refractivity contribution is -0.192. The summed E-state index contributed by atoms with van der Waals surface area (Å²) in [5.74, 6) is -1.40. The second kappa shape index (κ2) is 7.64. The number of hydrogen-bond acceptors (Lipinski definition) is 5. The molecular weight excluding hydrogens is 390 g/mol. The van der Waals surface area contributed by atoms with E-state index < -0.39 is 12.1 Å². The van der Waals surface area contributed by atoms with E-state index in [0.717, 1.165) is 29.5 Å². The molecule has 0 atom stereocenters. The molecule has 2 aromatic rings. The molecule has 1 saturated heterocycles. The molecule has 0 unspecified atom stereocenters. The number of nitrogens with zero attached hydrogens (tertiary/aromatic N) is 2. The minimum absolute atomic E-state index is 0.450. The van der Waals surface area contributed by atoms with Crippen molar-refractivity contribution in [3.05, 3.63) is 34.1 Å². The van der Waals surface area contributed by atoms with Crippen LogP contribution in [0.5, 0.6) is 0 Å². The first kappa shape index (κ1) is 18.9. The maximum atomic E-state index is 10.6. The van der Waals surface area contributed by atoms with Gasteiger partial charge in [-0.1, -0.05) is 23.2 Å². The van der Waals surface area contributed by atoms with Gasteiger partial charge >= 0.3 is 12.1 Å². The fourth-order valence-electron chi connectivity index (χ4n) is 1.64. The lowest BCUT2D eigenvalue weighted by Crippen LogP contribution is -2.40. The first-order chi connectivity index (χ1) is 11.2. The van der Waals surface area contributed by atoms with Crippen molar-refractivity contribution >= 4 is 40.7 Å². The fourth-order valence-corrected chi connectivity index (χ4v) is 2.98. The zero-order valence-corrected chi connectivity index (χ0v) is 14.1. The van der Waals surface area contributed by atoms with Gasteiger partial charge in [0, 0.05) is 29.6 Å². The van der Waals surface area contributed by atoms with Crippen LogP contribution in [0, 0.1) is 0 Å². The van der Waals surface area contributed by atoms with Gasteiger partial charge in [0.1, 0.15) is 10.8 Å². The van der Waals surface area contributed by atoms with Crippen LogP contribution in [0.25, 0.3) is 10.6 Å². The molecule has 1 fully saturated rings. The molecule has 2 N–H and O–H groups in total. The molecule has 0 saturated carbocycles. The van der Waals surface area contributed by atoms with Gasteiger partial charge in [-0.2, -0.15) is 17.5 Å². The number of aliphatic carboxylic acids is 1. The largest absolute Gasteiger partial charge is 0.490 e. The number of rotatable bonds is 2. The third-order valence-electron chi connectivity index (χ3n) is 2.99. The summed E-state index contributed by atoms with van der Waals surface area (Å²) >= 11 is 13.4. The van der Waals surface area contributed by atoms with Gasteiger partial charge in [0.15, 0.2) is 0 Å². The predicted molar refractivity (Wildman–Crippen MR) is 84.7 cm³/mol. The first-order valence-electron chi connectivity index (χ1n) is 6.48. The van der Waals surface area contributed by atoms with Crippen LogP contribution in [0.15, 0.2) is 18.2 Å². The van der Waals surface area contributed by atoms with Crippen LogP contribution < -0.4 is 5.32 Å². The van der Waals surface area contributed by atoms with Crippen LogP contribution in [0.4, 0.5) is 13.2 Å². The highest BCUT2D eigenvalue weighted by Gasteiger charge is 2.38. The van der Waals surface area contributed by atoms with Crippen LogP contribution in [0.1, 0.15) is 11.7 Å². The van der Waals surface area contributed by atoms with Crippen molar-refractivity contribution in [2.75, 3.05) is 13.1 Å². The van der Waals surface area contributed by atoms with E-state index in [-0.39, 0.29) is 0 Å². The van der Waals surface area contributed by atoms with E-state index in [2.05, 4.69) is 14.7 Å². The molecule has 130 valence electrons. The van der Waals surface area contributed by atoms with Crippen molar-refractivity contribution in [2.45, 2.75) is 12.1 Å². The molecule has 0 aliphatic carbocycles. The minimum Gasteiger partial charge on any atom is -0.475 e. The van der Waals surface area contributed by atoms with Gasteiger partial charge in [-0.05, 0) is 29.7 Å². The zero-order valence-electron chi connectivity index (χ0n) is 11.8. The van der Waals surface area contributed by atoms with Crippen molar-refractivity contribution in [2.24, 2.45) is 0 Å². The number of nitrogens with one attached hydrogen (secondary N) is 1. The van der Waals surface area contributed by atoms with Crippen LogP contribution in [-0.4, -0.2) is 39.7 Å². The van der Waals surface area contributed by atoms with Gasteiger partial charge in [0.25, 0.3) is 0 Å². The molecule has 0 amide bonds. The predicted octanol–water partition coefficient (Wildman–Crippen LogP) is 3.83. The van der Waals surface area contributed by atoms with Crippen molar-refractivity contribution in [3.63, 3.8) is 0 Å². The van der Waals surface area contributed by atoms with E-state index >= 15 is 0 Å². The monoisotopic (exact) mass is 399 g/mol. The fraction of sp³-hybridized carbons (Fsp3) is 0.308. The van der Waals surface area contributed by atoms with Crippen LogP contribution >= 0.6 is 34.7 Å². The molecule has 1 aromatic carbocycles. The van der Waals surface area contributed by atoms with Gasteiger partial charge in [-0.25, -0.2) is 9.78 Å². The zero-order chi connectivity index (χ0) is 17.9. The van der Waals surface area contributed by atoms with Crippen LogP contribution in [0.2, 0.25) is 10.0 Å². The third kappa shape index (κ3) is 4.79. The molecular formula is C13H10Cl2F3N3O2S. The molecule has 11 heteroatoms. The van der Waals surface area contributed by atoms with Crippen molar-refractivity contribution < 1.29 is 23.1 Å². The number of carboxylic acids is 1. The molecule has 3 rings (SSSR count). The van der Waals surface area contributed by atoms with Gasteiger partial charge in [-0.15, -0.1) is 0 Å². The highest BCUT2D eigenvalue weighted by molar-refractivity contribution is 7.09. The number of halogens is 5. The Hall–Kier alpha value is -1.42. The Morgan fingerprint density at radius 3 is 2.42 bits per heavy atom.